The maximum Gasteiger partial charge on any atom is 0.125 e. The summed E-state index contributed by atoms with van der Waals surface area (Å²) in [7, 11) is 0. The number of hydrogen-bond acceptors (Lipinski definition) is 2. The minimum Gasteiger partial charge on any atom is -0.493 e. The van der Waals surface area contributed by atoms with Crippen molar-refractivity contribution in [2.45, 2.75) is 26.9 Å². The fourth-order valence-corrected chi connectivity index (χ4v) is 2.28. The maximum absolute atomic E-state index is 13.2. The van der Waals surface area contributed by atoms with Gasteiger partial charge in [-0.3, -0.25) is 0 Å². The number of aliphatic hydroxyl groups is 1. The summed E-state index contributed by atoms with van der Waals surface area (Å²) in [5.74, 6) is 0.363. The lowest BCUT2D eigenvalue weighted by Crippen LogP contribution is -2.06. The third-order valence-electron chi connectivity index (χ3n) is 3.29. The molecule has 0 aliphatic heterocycles. The molecule has 106 valence electrons. The Morgan fingerprint density at radius 2 is 1.85 bits per heavy atom. The molecule has 0 aliphatic carbocycles. The largest absolute Gasteiger partial charge is 0.493 e. The van der Waals surface area contributed by atoms with Crippen molar-refractivity contribution in [3.8, 4) is 5.75 Å². The van der Waals surface area contributed by atoms with Crippen LogP contribution in [0.2, 0.25) is 0 Å². The zero-order valence-electron chi connectivity index (χ0n) is 12.0. The average Bonchev–Trinajstić information content (AvgIpc) is 2.40. The third-order valence-corrected chi connectivity index (χ3v) is 3.29. The van der Waals surface area contributed by atoms with Crippen molar-refractivity contribution in [2.75, 3.05) is 6.61 Å². The number of rotatable bonds is 4. The van der Waals surface area contributed by atoms with E-state index in [4.69, 9.17) is 4.74 Å². The van der Waals surface area contributed by atoms with Crippen molar-refractivity contribution in [2.24, 2.45) is 0 Å². The Labute approximate surface area is 118 Å². The molecule has 0 radical (unpaired) electrons. The molecule has 0 saturated carbocycles. The lowest BCUT2D eigenvalue weighted by Gasteiger charge is -2.18. The van der Waals surface area contributed by atoms with Crippen LogP contribution in [0, 0.1) is 19.7 Å². The molecule has 2 nitrogen and oxygen atoms in total. The SMILES string of the molecule is CCOc1ccc(C)cc1C(O)c1ccc(F)cc1C. The summed E-state index contributed by atoms with van der Waals surface area (Å²) in [6.45, 7) is 6.19. The van der Waals surface area contributed by atoms with Crippen molar-refractivity contribution in [3.05, 3.63) is 64.5 Å². The molecule has 2 aromatic rings. The summed E-state index contributed by atoms with van der Waals surface area (Å²) in [4.78, 5) is 0. The van der Waals surface area contributed by atoms with Gasteiger partial charge < -0.3 is 9.84 Å². The van der Waals surface area contributed by atoms with Gasteiger partial charge in [0.25, 0.3) is 0 Å². The van der Waals surface area contributed by atoms with E-state index in [1.807, 2.05) is 32.0 Å². The minimum absolute atomic E-state index is 0.298. The average molecular weight is 274 g/mol. The van der Waals surface area contributed by atoms with Crippen LogP contribution in [0.3, 0.4) is 0 Å². The molecular weight excluding hydrogens is 255 g/mol. The number of aliphatic hydroxyl groups excluding tert-OH is 1. The molecule has 0 saturated heterocycles. The van der Waals surface area contributed by atoms with Crippen LogP contribution >= 0.6 is 0 Å². The Morgan fingerprint density at radius 1 is 1.10 bits per heavy atom. The molecular formula is C17H19FO2. The fraction of sp³-hybridized carbons (Fsp3) is 0.294. The normalized spacial score (nSPS) is 12.2. The predicted octanol–water partition coefficient (Wildman–Crippen LogP) is 3.92. The summed E-state index contributed by atoms with van der Waals surface area (Å²) < 4.78 is 18.7. The molecule has 1 N–H and O–H groups in total. The van der Waals surface area contributed by atoms with E-state index in [-0.39, 0.29) is 5.82 Å². The van der Waals surface area contributed by atoms with Crippen molar-refractivity contribution in [1.82, 2.24) is 0 Å². The van der Waals surface area contributed by atoms with Gasteiger partial charge in [0.2, 0.25) is 0 Å². The topological polar surface area (TPSA) is 29.5 Å². The highest BCUT2D eigenvalue weighted by Crippen LogP contribution is 2.32. The van der Waals surface area contributed by atoms with Crippen LogP contribution in [-0.2, 0) is 0 Å². The highest BCUT2D eigenvalue weighted by Gasteiger charge is 2.18. The van der Waals surface area contributed by atoms with Crippen molar-refractivity contribution >= 4 is 0 Å². The number of aryl methyl sites for hydroxylation is 2. The minimum atomic E-state index is -0.822. The van der Waals surface area contributed by atoms with Crippen molar-refractivity contribution in [1.29, 1.82) is 0 Å². The number of ether oxygens (including phenoxy) is 1. The standard InChI is InChI=1S/C17H19FO2/c1-4-20-16-8-5-11(2)9-15(16)17(19)14-7-6-13(18)10-12(14)3/h5-10,17,19H,4H2,1-3H3. The molecule has 3 heteroatoms. The summed E-state index contributed by atoms with van der Waals surface area (Å²) in [6.07, 6.45) is -0.822. The maximum atomic E-state index is 13.2. The number of benzene rings is 2. The second-order valence-corrected chi connectivity index (χ2v) is 4.88. The molecule has 0 aromatic heterocycles. The van der Waals surface area contributed by atoms with Gasteiger partial charge in [-0.1, -0.05) is 17.7 Å². The van der Waals surface area contributed by atoms with Gasteiger partial charge in [-0.25, -0.2) is 4.39 Å². The fourth-order valence-electron chi connectivity index (χ4n) is 2.28. The second kappa shape index (κ2) is 6.06. The summed E-state index contributed by atoms with van der Waals surface area (Å²) >= 11 is 0. The molecule has 0 aliphatic rings. The van der Waals surface area contributed by atoms with E-state index in [2.05, 4.69) is 0 Å². The van der Waals surface area contributed by atoms with E-state index in [1.165, 1.54) is 12.1 Å². The summed E-state index contributed by atoms with van der Waals surface area (Å²) in [6, 6.07) is 10.1. The van der Waals surface area contributed by atoms with Crippen LogP contribution in [0.15, 0.2) is 36.4 Å². The smallest absolute Gasteiger partial charge is 0.125 e. The lowest BCUT2D eigenvalue weighted by molar-refractivity contribution is 0.211. The van der Waals surface area contributed by atoms with Crippen LogP contribution in [0.25, 0.3) is 0 Å². The van der Waals surface area contributed by atoms with Crippen LogP contribution in [0.1, 0.15) is 35.3 Å². The first-order chi connectivity index (χ1) is 9.52. The zero-order valence-corrected chi connectivity index (χ0v) is 12.0. The quantitative estimate of drug-likeness (QED) is 0.915. The van der Waals surface area contributed by atoms with Crippen LogP contribution in [0.5, 0.6) is 5.75 Å². The Kier molecular flexibility index (Phi) is 4.40. The molecule has 20 heavy (non-hydrogen) atoms. The van der Waals surface area contributed by atoms with E-state index in [1.54, 1.807) is 13.0 Å². The molecule has 0 heterocycles. The van der Waals surface area contributed by atoms with E-state index in [0.717, 1.165) is 11.1 Å². The molecule has 0 amide bonds. The predicted molar refractivity (Wildman–Crippen MR) is 77.5 cm³/mol. The molecule has 2 aromatic carbocycles. The summed E-state index contributed by atoms with van der Waals surface area (Å²) in [5, 5.41) is 10.6. The van der Waals surface area contributed by atoms with Gasteiger partial charge >= 0.3 is 0 Å². The van der Waals surface area contributed by atoms with Gasteiger partial charge in [-0.2, -0.15) is 0 Å². The van der Waals surface area contributed by atoms with E-state index >= 15 is 0 Å². The Bertz CT molecular complexity index is 608. The van der Waals surface area contributed by atoms with Gasteiger partial charge in [0.05, 0.1) is 6.61 Å². The van der Waals surface area contributed by atoms with Gasteiger partial charge in [-0.15, -0.1) is 0 Å². The Hall–Kier alpha value is -1.87. The molecule has 0 bridgehead atoms. The highest BCUT2D eigenvalue weighted by atomic mass is 19.1. The Balaban J connectivity index is 2.46. The first-order valence-corrected chi connectivity index (χ1v) is 6.70. The van der Waals surface area contributed by atoms with Crippen LogP contribution < -0.4 is 4.74 Å². The highest BCUT2D eigenvalue weighted by molar-refractivity contribution is 5.44. The number of hydrogen-bond donors (Lipinski definition) is 1. The monoisotopic (exact) mass is 274 g/mol. The van der Waals surface area contributed by atoms with Gasteiger partial charge in [-0.05, 0) is 56.2 Å². The lowest BCUT2D eigenvalue weighted by atomic mass is 9.95. The van der Waals surface area contributed by atoms with Crippen LogP contribution in [-0.4, -0.2) is 11.7 Å². The van der Waals surface area contributed by atoms with Gasteiger partial charge in [0, 0.05) is 5.56 Å². The number of halogens is 1. The Morgan fingerprint density at radius 3 is 2.50 bits per heavy atom. The first-order valence-electron chi connectivity index (χ1n) is 6.70. The molecule has 0 spiro atoms. The van der Waals surface area contributed by atoms with Crippen molar-refractivity contribution in [3.63, 3.8) is 0 Å². The zero-order chi connectivity index (χ0) is 14.7. The molecule has 0 fully saturated rings. The van der Waals surface area contributed by atoms with Gasteiger partial charge in [0.1, 0.15) is 17.7 Å². The van der Waals surface area contributed by atoms with E-state index in [9.17, 15) is 9.50 Å². The third kappa shape index (κ3) is 2.99. The molecule has 1 atom stereocenters. The second-order valence-electron chi connectivity index (χ2n) is 4.88. The molecule has 1 unspecified atom stereocenters. The first kappa shape index (κ1) is 14.5. The van der Waals surface area contributed by atoms with E-state index in [0.29, 0.717) is 23.5 Å². The summed E-state index contributed by atoms with van der Waals surface area (Å²) in [5.41, 5.74) is 3.17. The van der Waals surface area contributed by atoms with E-state index < -0.39 is 6.10 Å². The molecule has 2 rings (SSSR count). The van der Waals surface area contributed by atoms with Gasteiger partial charge in [0.15, 0.2) is 0 Å². The van der Waals surface area contributed by atoms with Crippen molar-refractivity contribution < 1.29 is 14.2 Å². The van der Waals surface area contributed by atoms with Crippen LogP contribution in [0.4, 0.5) is 4.39 Å².